The third-order valence-corrected chi connectivity index (χ3v) is 5.89. The van der Waals surface area contributed by atoms with Crippen molar-refractivity contribution in [3.8, 4) is 16.9 Å². The first-order valence-corrected chi connectivity index (χ1v) is 10.3. The Kier molecular flexibility index (Phi) is 4.63. The molecule has 0 aliphatic heterocycles. The Morgan fingerprint density at radius 3 is 2.55 bits per heavy atom. The van der Waals surface area contributed by atoms with Crippen LogP contribution in [0.25, 0.3) is 33.1 Å². The number of rotatable bonds is 4. The van der Waals surface area contributed by atoms with Gasteiger partial charge >= 0.3 is 0 Å². The first-order valence-electron chi connectivity index (χ1n) is 9.88. The van der Waals surface area contributed by atoms with Crippen LogP contribution in [0.1, 0.15) is 30.0 Å². The predicted molar refractivity (Wildman–Crippen MR) is 120 cm³/mol. The minimum Gasteiger partial charge on any atom is -0.496 e. The largest absolute Gasteiger partial charge is 0.496 e. The maximum atomic E-state index is 6.06. The standard InChI is InChI=1S/C23H20ClN5O2/c1-12-22(14(3)31-27-12)18-9-19-17(10-21(18)30-4)23-20(11-25-19)26-28-29(23)13(2)15-5-7-16(24)8-6-15/h5-11,13H,1-4H3/t13-/m1/s1. The molecule has 7 nitrogen and oxygen atoms in total. The van der Waals surface area contributed by atoms with Gasteiger partial charge in [-0.25, -0.2) is 4.68 Å². The lowest BCUT2D eigenvalue weighted by Crippen LogP contribution is -2.09. The van der Waals surface area contributed by atoms with E-state index in [1.807, 2.05) is 54.9 Å². The molecular formula is C23H20ClN5O2. The molecule has 1 atom stereocenters. The van der Waals surface area contributed by atoms with Crippen LogP contribution in [0, 0.1) is 13.8 Å². The van der Waals surface area contributed by atoms with Crippen LogP contribution in [-0.4, -0.2) is 32.2 Å². The fourth-order valence-corrected chi connectivity index (χ4v) is 4.16. The fraction of sp³-hybridized carbons (Fsp3) is 0.217. The number of aromatic nitrogens is 5. The lowest BCUT2D eigenvalue weighted by atomic mass is 10.00. The van der Waals surface area contributed by atoms with Crippen molar-refractivity contribution in [2.24, 2.45) is 0 Å². The molecule has 3 heterocycles. The van der Waals surface area contributed by atoms with E-state index in [4.69, 9.17) is 20.9 Å². The average molecular weight is 434 g/mol. The highest BCUT2D eigenvalue weighted by Gasteiger charge is 2.21. The molecule has 3 aromatic heterocycles. The zero-order valence-corrected chi connectivity index (χ0v) is 18.3. The normalized spacial score (nSPS) is 12.5. The molecule has 0 spiro atoms. The number of halogens is 1. The van der Waals surface area contributed by atoms with E-state index in [0.717, 1.165) is 50.1 Å². The maximum Gasteiger partial charge on any atom is 0.141 e. The Balaban J connectivity index is 1.75. The van der Waals surface area contributed by atoms with E-state index >= 15 is 0 Å². The molecule has 5 aromatic rings. The Morgan fingerprint density at radius 2 is 1.87 bits per heavy atom. The lowest BCUT2D eigenvalue weighted by molar-refractivity contribution is 0.393. The second-order valence-corrected chi connectivity index (χ2v) is 7.96. The van der Waals surface area contributed by atoms with Gasteiger partial charge in [0.1, 0.15) is 22.5 Å². The second-order valence-electron chi connectivity index (χ2n) is 7.52. The lowest BCUT2D eigenvalue weighted by Gasteiger charge is -2.15. The van der Waals surface area contributed by atoms with Gasteiger partial charge in [-0.3, -0.25) is 4.98 Å². The van der Waals surface area contributed by atoms with Gasteiger partial charge in [-0.1, -0.05) is 34.1 Å². The molecule has 5 rings (SSSR count). The third-order valence-electron chi connectivity index (χ3n) is 5.64. The average Bonchev–Trinajstić information content (AvgIpc) is 3.36. The highest BCUT2D eigenvalue weighted by Crippen LogP contribution is 2.39. The van der Waals surface area contributed by atoms with Crippen molar-refractivity contribution in [2.75, 3.05) is 7.11 Å². The number of aryl methyl sites for hydroxylation is 2. The van der Waals surface area contributed by atoms with Gasteiger partial charge in [0, 0.05) is 16.0 Å². The van der Waals surface area contributed by atoms with Gasteiger partial charge in [0.2, 0.25) is 0 Å². The maximum absolute atomic E-state index is 6.06. The monoisotopic (exact) mass is 433 g/mol. The van der Waals surface area contributed by atoms with Crippen LogP contribution < -0.4 is 4.74 Å². The zero-order valence-electron chi connectivity index (χ0n) is 17.5. The number of pyridine rings is 1. The molecule has 0 radical (unpaired) electrons. The number of ether oxygens (including phenoxy) is 1. The molecule has 0 unspecified atom stereocenters. The molecule has 0 fully saturated rings. The molecule has 0 aliphatic rings. The fourth-order valence-electron chi connectivity index (χ4n) is 4.04. The third kappa shape index (κ3) is 3.13. The Morgan fingerprint density at radius 1 is 1.10 bits per heavy atom. The summed E-state index contributed by atoms with van der Waals surface area (Å²) in [4.78, 5) is 4.63. The van der Waals surface area contributed by atoms with Gasteiger partial charge in [-0.2, -0.15) is 0 Å². The van der Waals surface area contributed by atoms with Crippen LogP contribution in [0.3, 0.4) is 0 Å². The van der Waals surface area contributed by atoms with Crippen molar-refractivity contribution in [1.82, 2.24) is 25.1 Å². The van der Waals surface area contributed by atoms with Crippen molar-refractivity contribution in [3.05, 3.63) is 64.6 Å². The first-order chi connectivity index (χ1) is 15.0. The van der Waals surface area contributed by atoms with Gasteiger partial charge in [-0.15, -0.1) is 5.10 Å². The van der Waals surface area contributed by atoms with Gasteiger partial charge in [0.05, 0.1) is 36.1 Å². The Labute approximate surface area is 183 Å². The van der Waals surface area contributed by atoms with E-state index in [9.17, 15) is 0 Å². The van der Waals surface area contributed by atoms with Gasteiger partial charge in [0.25, 0.3) is 0 Å². The van der Waals surface area contributed by atoms with E-state index in [1.54, 1.807) is 13.3 Å². The summed E-state index contributed by atoms with van der Waals surface area (Å²) in [5, 5.41) is 14.5. The van der Waals surface area contributed by atoms with Crippen LogP contribution in [0.4, 0.5) is 0 Å². The van der Waals surface area contributed by atoms with Crippen LogP contribution in [0.5, 0.6) is 5.75 Å². The van der Waals surface area contributed by atoms with Crippen molar-refractivity contribution < 1.29 is 9.26 Å². The molecule has 0 N–H and O–H groups in total. The molecule has 156 valence electrons. The highest BCUT2D eigenvalue weighted by atomic mass is 35.5. The smallest absolute Gasteiger partial charge is 0.141 e. The van der Waals surface area contributed by atoms with Crippen LogP contribution in [0.2, 0.25) is 5.02 Å². The van der Waals surface area contributed by atoms with Crippen LogP contribution >= 0.6 is 11.6 Å². The van der Waals surface area contributed by atoms with Crippen molar-refractivity contribution in [1.29, 1.82) is 0 Å². The first kappa shape index (κ1) is 19.5. The molecule has 2 aromatic carbocycles. The summed E-state index contributed by atoms with van der Waals surface area (Å²) in [5.41, 5.74) is 6.14. The summed E-state index contributed by atoms with van der Waals surface area (Å²) in [7, 11) is 1.66. The predicted octanol–water partition coefficient (Wildman–Crippen LogP) is 5.52. The summed E-state index contributed by atoms with van der Waals surface area (Å²) >= 11 is 6.06. The number of hydrogen-bond donors (Lipinski definition) is 0. The summed E-state index contributed by atoms with van der Waals surface area (Å²) < 4.78 is 13.0. The molecule has 0 saturated heterocycles. The number of nitrogens with zero attached hydrogens (tertiary/aromatic N) is 5. The highest BCUT2D eigenvalue weighted by molar-refractivity contribution is 6.30. The van der Waals surface area contributed by atoms with Gasteiger partial charge < -0.3 is 9.26 Å². The molecule has 31 heavy (non-hydrogen) atoms. The number of benzene rings is 2. The number of fused-ring (bicyclic) bond motifs is 3. The summed E-state index contributed by atoms with van der Waals surface area (Å²) in [6, 6.07) is 11.7. The molecule has 0 amide bonds. The molecule has 0 aliphatic carbocycles. The summed E-state index contributed by atoms with van der Waals surface area (Å²) in [5.74, 6) is 1.45. The molecule has 0 saturated carbocycles. The van der Waals surface area contributed by atoms with Crippen LogP contribution in [0.15, 0.2) is 47.1 Å². The topological polar surface area (TPSA) is 78.9 Å². The quantitative estimate of drug-likeness (QED) is 0.371. The number of methoxy groups -OCH3 is 1. The van der Waals surface area contributed by atoms with E-state index in [2.05, 4.69) is 27.4 Å². The van der Waals surface area contributed by atoms with Gasteiger partial charge in [-0.05, 0) is 50.6 Å². The SMILES string of the molecule is COc1cc2c(cc1-c1c(C)noc1C)ncc1nnn([C@H](C)c3ccc(Cl)cc3)c12. The van der Waals surface area contributed by atoms with Crippen LogP contribution in [-0.2, 0) is 0 Å². The van der Waals surface area contributed by atoms with Gasteiger partial charge in [0.15, 0.2) is 0 Å². The zero-order chi connectivity index (χ0) is 21.7. The van der Waals surface area contributed by atoms with Crippen molar-refractivity contribution in [3.63, 3.8) is 0 Å². The molecular weight excluding hydrogens is 414 g/mol. The van der Waals surface area contributed by atoms with Crippen molar-refractivity contribution in [2.45, 2.75) is 26.8 Å². The molecule has 0 bridgehead atoms. The Hall–Kier alpha value is -3.45. The molecule has 8 heteroatoms. The number of hydrogen-bond acceptors (Lipinski definition) is 6. The Bertz CT molecular complexity index is 1400. The summed E-state index contributed by atoms with van der Waals surface area (Å²) in [6.45, 7) is 5.89. The summed E-state index contributed by atoms with van der Waals surface area (Å²) in [6.07, 6.45) is 1.75. The van der Waals surface area contributed by atoms with Crippen molar-refractivity contribution >= 4 is 33.5 Å². The van der Waals surface area contributed by atoms with E-state index in [-0.39, 0.29) is 6.04 Å². The second kappa shape index (κ2) is 7.35. The minimum absolute atomic E-state index is 0.0406. The van der Waals surface area contributed by atoms with E-state index in [1.165, 1.54) is 0 Å². The van der Waals surface area contributed by atoms with E-state index in [0.29, 0.717) is 10.8 Å². The van der Waals surface area contributed by atoms with E-state index < -0.39 is 0 Å². The minimum atomic E-state index is -0.0406.